The zero-order chi connectivity index (χ0) is 15.1. The molecule has 0 radical (unpaired) electrons. The Balaban J connectivity index is 2.06. The topological polar surface area (TPSA) is 55.1 Å². The molecule has 1 amide bonds. The molecule has 0 spiro atoms. The van der Waals surface area contributed by atoms with Crippen LogP contribution in [0.3, 0.4) is 0 Å². The molecule has 2 aromatic rings. The second-order valence-electron chi connectivity index (χ2n) is 4.90. The molecule has 1 unspecified atom stereocenters. The first-order chi connectivity index (χ1) is 9.95. The molecular weight excluding hydrogens is 314 g/mol. The summed E-state index contributed by atoms with van der Waals surface area (Å²) in [6, 6.07) is 6.83. The smallest absolute Gasteiger partial charge is 0.228 e. The maximum Gasteiger partial charge on any atom is 0.228 e. The third-order valence-electron chi connectivity index (χ3n) is 3.48. The maximum atomic E-state index is 13.9. The number of benzene rings is 2. The van der Waals surface area contributed by atoms with Crippen LogP contribution in [0.25, 0.3) is 0 Å². The number of hydrogen-bond donors (Lipinski definition) is 2. The Morgan fingerprint density at radius 3 is 2.71 bits per heavy atom. The van der Waals surface area contributed by atoms with Gasteiger partial charge in [0.25, 0.3) is 0 Å². The Morgan fingerprint density at radius 1 is 1.19 bits per heavy atom. The Kier molecular flexibility index (Phi) is 3.61. The Hall–Kier alpha value is -1.62. The van der Waals surface area contributed by atoms with Crippen molar-refractivity contribution in [1.82, 2.24) is 0 Å². The van der Waals surface area contributed by atoms with Gasteiger partial charge in [0.05, 0.1) is 12.5 Å². The van der Waals surface area contributed by atoms with Crippen LogP contribution >= 0.6 is 23.2 Å². The van der Waals surface area contributed by atoms with Crippen LogP contribution in [0.4, 0.5) is 10.1 Å². The number of halogens is 3. The first-order valence-electron chi connectivity index (χ1n) is 6.28. The van der Waals surface area contributed by atoms with Crippen molar-refractivity contribution >= 4 is 34.8 Å². The van der Waals surface area contributed by atoms with Crippen LogP contribution in [-0.2, 0) is 11.2 Å². The Bertz CT molecular complexity index is 749. The van der Waals surface area contributed by atoms with E-state index >= 15 is 0 Å². The lowest BCUT2D eigenvalue weighted by Crippen LogP contribution is -2.14. The third-order valence-corrected chi connectivity index (χ3v) is 4.04. The van der Waals surface area contributed by atoms with Crippen molar-refractivity contribution in [2.24, 2.45) is 5.73 Å². The fourth-order valence-electron chi connectivity index (χ4n) is 2.43. The molecule has 1 aliphatic heterocycles. The van der Waals surface area contributed by atoms with Crippen molar-refractivity contribution in [1.29, 1.82) is 0 Å². The van der Waals surface area contributed by atoms with E-state index in [0.717, 1.165) is 5.56 Å². The molecular formula is C15H11Cl2FN2O. The van der Waals surface area contributed by atoms with Gasteiger partial charge in [-0.15, -0.1) is 0 Å². The molecule has 21 heavy (non-hydrogen) atoms. The molecule has 108 valence electrons. The summed E-state index contributed by atoms with van der Waals surface area (Å²) in [7, 11) is 0. The molecule has 3 nitrogen and oxygen atoms in total. The highest BCUT2D eigenvalue weighted by molar-refractivity contribution is 6.32. The zero-order valence-corrected chi connectivity index (χ0v) is 12.3. The van der Waals surface area contributed by atoms with Crippen LogP contribution < -0.4 is 11.1 Å². The minimum absolute atomic E-state index is 0.0966. The van der Waals surface area contributed by atoms with Crippen molar-refractivity contribution in [2.75, 3.05) is 5.32 Å². The SMILES string of the molecule is NC(c1cc(Cl)ccc1F)c1cc2c(cc1Cl)NC(=O)C2. The van der Waals surface area contributed by atoms with Crippen molar-refractivity contribution in [3.05, 3.63) is 62.9 Å². The fourth-order valence-corrected chi connectivity index (χ4v) is 2.89. The monoisotopic (exact) mass is 324 g/mol. The highest BCUT2D eigenvalue weighted by Gasteiger charge is 2.23. The first kappa shape index (κ1) is 14.3. The first-order valence-corrected chi connectivity index (χ1v) is 7.04. The van der Waals surface area contributed by atoms with Gasteiger partial charge in [0.15, 0.2) is 0 Å². The van der Waals surface area contributed by atoms with E-state index in [4.69, 9.17) is 28.9 Å². The number of amides is 1. The standard InChI is InChI=1S/C15H11Cl2FN2O/c16-8-1-2-12(18)10(5-8)15(19)9-3-7-4-14(21)20-13(7)6-11(9)17/h1-3,5-6,15H,4,19H2,(H,20,21). The summed E-state index contributed by atoms with van der Waals surface area (Å²) in [6.45, 7) is 0. The van der Waals surface area contributed by atoms with E-state index in [1.165, 1.54) is 18.2 Å². The van der Waals surface area contributed by atoms with Gasteiger partial charge in [0, 0.05) is 21.3 Å². The number of nitrogens with two attached hydrogens (primary N) is 1. The lowest BCUT2D eigenvalue weighted by atomic mass is 9.96. The second-order valence-corrected chi connectivity index (χ2v) is 5.74. The summed E-state index contributed by atoms with van der Waals surface area (Å²) in [6.07, 6.45) is 0.268. The molecule has 0 saturated heterocycles. The third kappa shape index (κ3) is 2.62. The van der Waals surface area contributed by atoms with E-state index in [9.17, 15) is 9.18 Å². The predicted octanol–water partition coefficient (Wildman–Crippen LogP) is 3.68. The minimum Gasteiger partial charge on any atom is -0.325 e. The van der Waals surface area contributed by atoms with Gasteiger partial charge in [-0.25, -0.2) is 4.39 Å². The quantitative estimate of drug-likeness (QED) is 0.885. The molecule has 1 aliphatic rings. The number of anilines is 1. The molecule has 0 fully saturated rings. The van der Waals surface area contributed by atoms with Crippen LogP contribution in [-0.4, -0.2) is 5.91 Å². The van der Waals surface area contributed by atoms with Gasteiger partial charge in [0.2, 0.25) is 5.91 Å². The lowest BCUT2D eigenvalue weighted by Gasteiger charge is -2.16. The maximum absolute atomic E-state index is 13.9. The van der Waals surface area contributed by atoms with Gasteiger partial charge in [-0.1, -0.05) is 23.2 Å². The fraction of sp³-hybridized carbons (Fsp3) is 0.133. The molecule has 1 atom stereocenters. The minimum atomic E-state index is -0.753. The Labute approximate surface area is 130 Å². The molecule has 3 N–H and O–H groups in total. The average Bonchev–Trinajstić information content (AvgIpc) is 2.79. The average molecular weight is 325 g/mol. The van der Waals surface area contributed by atoms with E-state index in [1.54, 1.807) is 12.1 Å². The molecule has 0 aromatic heterocycles. The summed E-state index contributed by atoms with van der Waals surface area (Å²) in [5.41, 5.74) is 8.43. The summed E-state index contributed by atoms with van der Waals surface area (Å²) in [4.78, 5) is 11.4. The number of rotatable bonds is 2. The number of nitrogens with one attached hydrogen (secondary N) is 1. The molecule has 1 heterocycles. The lowest BCUT2D eigenvalue weighted by molar-refractivity contribution is -0.115. The van der Waals surface area contributed by atoms with Gasteiger partial charge in [-0.3, -0.25) is 4.79 Å². The van der Waals surface area contributed by atoms with Crippen LogP contribution in [0.15, 0.2) is 30.3 Å². The number of fused-ring (bicyclic) bond motifs is 1. The molecule has 6 heteroatoms. The summed E-state index contributed by atoms with van der Waals surface area (Å²) in [5, 5.41) is 3.48. The summed E-state index contributed by atoms with van der Waals surface area (Å²) >= 11 is 12.1. The van der Waals surface area contributed by atoms with Gasteiger partial charge in [0.1, 0.15) is 5.82 Å². The van der Waals surface area contributed by atoms with Gasteiger partial charge < -0.3 is 11.1 Å². The number of carbonyl (C=O) groups is 1. The molecule has 0 aliphatic carbocycles. The molecule has 0 saturated carbocycles. The summed E-state index contributed by atoms with van der Waals surface area (Å²) < 4.78 is 13.9. The summed E-state index contributed by atoms with van der Waals surface area (Å²) in [5.74, 6) is -0.543. The highest BCUT2D eigenvalue weighted by Crippen LogP contribution is 2.35. The van der Waals surface area contributed by atoms with Crippen LogP contribution in [0.1, 0.15) is 22.7 Å². The molecule has 0 bridgehead atoms. The van der Waals surface area contributed by atoms with Gasteiger partial charge in [-0.05, 0) is 41.5 Å². The van der Waals surface area contributed by atoms with E-state index in [2.05, 4.69) is 5.32 Å². The van der Waals surface area contributed by atoms with Crippen LogP contribution in [0, 0.1) is 5.82 Å². The van der Waals surface area contributed by atoms with E-state index < -0.39 is 11.9 Å². The molecule has 3 rings (SSSR count). The predicted molar refractivity (Wildman–Crippen MR) is 81.2 cm³/mol. The van der Waals surface area contributed by atoms with Gasteiger partial charge in [-0.2, -0.15) is 0 Å². The van der Waals surface area contributed by atoms with E-state index in [0.29, 0.717) is 21.3 Å². The Morgan fingerprint density at radius 2 is 1.95 bits per heavy atom. The van der Waals surface area contributed by atoms with Gasteiger partial charge >= 0.3 is 0 Å². The number of hydrogen-bond acceptors (Lipinski definition) is 2. The normalized spacial score (nSPS) is 14.8. The highest BCUT2D eigenvalue weighted by atomic mass is 35.5. The van der Waals surface area contributed by atoms with Crippen molar-refractivity contribution in [3.8, 4) is 0 Å². The van der Waals surface area contributed by atoms with Crippen molar-refractivity contribution in [2.45, 2.75) is 12.5 Å². The van der Waals surface area contributed by atoms with Crippen molar-refractivity contribution in [3.63, 3.8) is 0 Å². The van der Waals surface area contributed by atoms with Crippen LogP contribution in [0.2, 0.25) is 10.0 Å². The molecule has 2 aromatic carbocycles. The number of carbonyl (C=O) groups excluding carboxylic acids is 1. The zero-order valence-electron chi connectivity index (χ0n) is 10.8. The largest absolute Gasteiger partial charge is 0.325 e. The van der Waals surface area contributed by atoms with E-state index in [-0.39, 0.29) is 17.9 Å². The van der Waals surface area contributed by atoms with Crippen LogP contribution in [0.5, 0.6) is 0 Å². The van der Waals surface area contributed by atoms with E-state index in [1.807, 2.05) is 0 Å². The second kappa shape index (κ2) is 5.30. The van der Waals surface area contributed by atoms with Crippen molar-refractivity contribution < 1.29 is 9.18 Å².